The van der Waals surface area contributed by atoms with Gasteiger partial charge in [0.25, 0.3) is 0 Å². The number of nitrogens with one attached hydrogen (secondary N) is 2. The lowest BCUT2D eigenvalue weighted by atomic mass is 10.0. The number of aryl methyl sites for hydroxylation is 1. The molecule has 15 heavy (non-hydrogen) atoms. The SMILES string of the molecule is C=C(NC)c1cc(Cl)c(NC)cc1CC. The van der Waals surface area contributed by atoms with E-state index in [0.717, 1.165) is 28.4 Å². The van der Waals surface area contributed by atoms with Crippen molar-refractivity contribution >= 4 is 23.0 Å². The average molecular weight is 225 g/mol. The van der Waals surface area contributed by atoms with Crippen molar-refractivity contribution in [2.24, 2.45) is 0 Å². The molecule has 0 radical (unpaired) electrons. The molecule has 3 heteroatoms. The Kier molecular flexibility index (Phi) is 4.04. The fourth-order valence-electron chi connectivity index (χ4n) is 1.52. The van der Waals surface area contributed by atoms with Gasteiger partial charge >= 0.3 is 0 Å². The molecule has 0 aliphatic heterocycles. The maximum atomic E-state index is 6.13. The summed E-state index contributed by atoms with van der Waals surface area (Å²) in [6.07, 6.45) is 0.960. The Morgan fingerprint density at radius 3 is 2.53 bits per heavy atom. The smallest absolute Gasteiger partial charge is 0.0644 e. The van der Waals surface area contributed by atoms with E-state index in [0.29, 0.717) is 0 Å². The second-order valence-corrected chi connectivity index (χ2v) is 3.73. The minimum absolute atomic E-state index is 0.723. The number of benzene rings is 1. The van der Waals surface area contributed by atoms with Gasteiger partial charge in [0, 0.05) is 25.4 Å². The molecule has 1 aromatic rings. The lowest BCUT2D eigenvalue weighted by molar-refractivity contribution is 1.08. The molecule has 2 nitrogen and oxygen atoms in total. The van der Waals surface area contributed by atoms with E-state index in [2.05, 4.69) is 30.2 Å². The van der Waals surface area contributed by atoms with Gasteiger partial charge in [0.15, 0.2) is 0 Å². The van der Waals surface area contributed by atoms with Crippen LogP contribution in [-0.4, -0.2) is 14.1 Å². The molecule has 1 aromatic carbocycles. The number of hydrogen-bond acceptors (Lipinski definition) is 2. The molecular formula is C12H17ClN2. The van der Waals surface area contributed by atoms with Crippen LogP contribution in [0.25, 0.3) is 5.70 Å². The highest BCUT2D eigenvalue weighted by Crippen LogP contribution is 2.28. The van der Waals surface area contributed by atoms with Crippen molar-refractivity contribution in [1.82, 2.24) is 5.32 Å². The Morgan fingerprint density at radius 1 is 1.40 bits per heavy atom. The summed E-state index contributed by atoms with van der Waals surface area (Å²) in [6, 6.07) is 4.02. The average Bonchev–Trinajstić information content (AvgIpc) is 2.27. The van der Waals surface area contributed by atoms with Crippen LogP contribution in [0.1, 0.15) is 18.1 Å². The van der Waals surface area contributed by atoms with Crippen molar-refractivity contribution in [3.63, 3.8) is 0 Å². The highest BCUT2D eigenvalue weighted by Gasteiger charge is 2.08. The fraction of sp³-hybridized carbons (Fsp3) is 0.333. The molecule has 0 fully saturated rings. The van der Waals surface area contributed by atoms with Crippen LogP contribution < -0.4 is 10.6 Å². The first-order valence-corrected chi connectivity index (χ1v) is 5.39. The van der Waals surface area contributed by atoms with Crippen LogP contribution in [0.5, 0.6) is 0 Å². The van der Waals surface area contributed by atoms with E-state index in [4.69, 9.17) is 11.6 Å². The van der Waals surface area contributed by atoms with Crippen molar-refractivity contribution in [3.8, 4) is 0 Å². The minimum Gasteiger partial charge on any atom is -0.388 e. The lowest BCUT2D eigenvalue weighted by Crippen LogP contribution is -2.06. The number of rotatable bonds is 4. The van der Waals surface area contributed by atoms with Gasteiger partial charge in [-0.2, -0.15) is 0 Å². The molecule has 0 spiro atoms. The number of anilines is 1. The summed E-state index contributed by atoms with van der Waals surface area (Å²) in [7, 11) is 3.73. The molecule has 0 unspecified atom stereocenters. The third-order valence-corrected chi connectivity index (χ3v) is 2.78. The molecule has 0 atom stereocenters. The van der Waals surface area contributed by atoms with Crippen LogP contribution >= 0.6 is 11.6 Å². The van der Waals surface area contributed by atoms with Crippen molar-refractivity contribution in [1.29, 1.82) is 0 Å². The molecule has 1 rings (SSSR count). The zero-order chi connectivity index (χ0) is 11.4. The van der Waals surface area contributed by atoms with Crippen molar-refractivity contribution in [3.05, 3.63) is 34.9 Å². The van der Waals surface area contributed by atoms with E-state index in [1.165, 1.54) is 5.56 Å². The summed E-state index contributed by atoms with van der Waals surface area (Å²) in [5.41, 5.74) is 4.18. The van der Waals surface area contributed by atoms with Crippen LogP contribution in [0.4, 0.5) is 5.69 Å². The van der Waals surface area contributed by atoms with E-state index in [-0.39, 0.29) is 0 Å². The monoisotopic (exact) mass is 224 g/mol. The first-order chi connectivity index (χ1) is 7.13. The summed E-state index contributed by atoms with van der Waals surface area (Å²) >= 11 is 6.13. The molecular weight excluding hydrogens is 208 g/mol. The summed E-state index contributed by atoms with van der Waals surface area (Å²) in [5.74, 6) is 0. The third-order valence-electron chi connectivity index (χ3n) is 2.47. The van der Waals surface area contributed by atoms with Crippen molar-refractivity contribution in [2.45, 2.75) is 13.3 Å². The van der Waals surface area contributed by atoms with E-state index in [9.17, 15) is 0 Å². The van der Waals surface area contributed by atoms with E-state index in [1.807, 2.05) is 20.2 Å². The molecule has 0 aromatic heterocycles. The third kappa shape index (κ3) is 2.45. The molecule has 2 N–H and O–H groups in total. The molecule has 0 amide bonds. The van der Waals surface area contributed by atoms with Crippen LogP contribution in [-0.2, 0) is 6.42 Å². The second-order valence-electron chi connectivity index (χ2n) is 3.32. The molecule has 82 valence electrons. The maximum absolute atomic E-state index is 6.13. The molecule has 0 heterocycles. The molecule has 0 saturated heterocycles. The Hall–Kier alpha value is -1.15. The number of hydrogen-bond donors (Lipinski definition) is 2. The number of halogens is 1. The summed E-state index contributed by atoms with van der Waals surface area (Å²) < 4.78 is 0. The predicted molar refractivity (Wildman–Crippen MR) is 68.5 cm³/mol. The van der Waals surface area contributed by atoms with Gasteiger partial charge in [-0.3, -0.25) is 0 Å². The molecule has 0 bridgehead atoms. The first-order valence-electron chi connectivity index (χ1n) is 5.01. The lowest BCUT2D eigenvalue weighted by Gasteiger charge is -2.14. The zero-order valence-electron chi connectivity index (χ0n) is 9.45. The van der Waals surface area contributed by atoms with E-state index >= 15 is 0 Å². The molecule has 0 aliphatic rings. The van der Waals surface area contributed by atoms with Gasteiger partial charge in [0.05, 0.1) is 10.7 Å². The molecule has 0 aliphatic carbocycles. The van der Waals surface area contributed by atoms with Gasteiger partial charge in [-0.1, -0.05) is 25.1 Å². The topological polar surface area (TPSA) is 24.1 Å². The Balaban J connectivity index is 3.27. The summed E-state index contributed by atoms with van der Waals surface area (Å²) in [6.45, 7) is 6.08. The fourth-order valence-corrected chi connectivity index (χ4v) is 1.78. The van der Waals surface area contributed by atoms with E-state index < -0.39 is 0 Å². The predicted octanol–water partition coefficient (Wildman–Crippen LogP) is 3.13. The van der Waals surface area contributed by atoms with Gasteiger partial charge in [-0.25, -0.2) is 0 Å². The highest BCUT2D eigenvalue weighted by atomic mass is 35.5. The van der Waals surface area contributed by atoms with Crippen LogP contribution in [0.3, 0.4) is 0 Å². The van der Waals surface area contributed by atoms with Crippen LogP contribution in [0.2, 0.25) is 5.02 Å². The second kappa shape index (κ2) is 5.08. The van der Waals surface area contributed by atoms with Gasteiger partial charge in [-0.05, 0) is 24.1 Å². The summed E-state index contributed by atoms with van der Waals surface area (Å²) in [5, 5.41) is 6.84. The van der Waals surface area contributed by atoms with Gasteiger partial charge in [0.2, 0.25) is 0 Å². The highest BCUT2D eigenvalue weighted by molar-refractivity contribution is 6.33. The normalized spacial score (nSPS) is 9.87. The zero-order valence-corrected chi connectivity index (χ0v) is 10.2. The Labute approximate surface area is 96.3 Å². The first kappa shape index (κ1) is 11.9. The Morgan fingerprint density at radius 2 is 2.07 bits per heavy atom. The van der Waals surface area contributed by atoms with E-state index in [1.54, 1.807) is 0 Å². The Bertz CT molecular complexity index is 372. The van der Waals surface area contributed by atoms with Crippen LogP contribution in [0.15, 0.2) is 18.7 Å². The van der Waals surface area contributed by atoms with Crippen molar-refractivity contribution in [2.75, 3.05) is 19.4 Å². The van der Waals surface area contributed by atoms with Gasteiger partial charge in [-0.15, -0.1) is 0 Å². The quantitative estimate of drug-likeness (QED) is 0.821. The van der Waals surface area contributed by atoms with Crippen LogP contribution in [0, 0.1) is 0 Å². The molecule has 0 saturated carbocycles. The standard InChI is InChI=1S/C12H17ClN2/c1-5-9-6-12(15-4)11(13)7-10(9)8(2)14-3/h6-7,14-15H,2,5H2,1,3-4H3. The summed E-state index contributed by atoms with van der Waals surface area (Å²) in [4.78, 5) is 0. The largest absolute Gasteiger partial charge is 0.388 e. The van der Waals surface area contributed by atoms with Crippen molar-refractivity contribution < 1.29 is 0 Å². The minimum atomic E-state index is 0.723. The van der Waals surface area contributed by atoms with Gasteiger partial charge in [0.1, 0.15) is 0 Å². The maximum Gasteiger partial charge on any atom is 0.0644 e. The van der Waals surface area contributed by atoms with Gasteiger partial charge < -0.3 is 10.6 Å².